The van der Waals surface area contributed by atoms with Crippen LogP contribution >= 0.6 is 0 Å². The first-order valence-electron chi connectivity index (χ1n) is 6.96. The van der Waals surface area contributed by atoms with Crippen LogP contribution in [-0.2, 0) is 24.2 Å². The van der Waals surface area contributed by atoms with Gasteiger partial charge in [-0.1, -0.05) is 6.07 Å². The van der Waals surface area contributed by atoms with E-state index >= 15 is 0 Å². The molecule has 0 bridgehead atoms. The fourth-order valence-corrected chi connectivity index (χ4v) is 2.62. The third kappa shape index (κ3) is 3.08. The number of hydrogen-bond acceptors (Lipinski definition) is 3. The summed E-state index contributed by atoms with van der Waals surface area (Å²) in [6.45, 7) is 0.870. The molecule has 20 heavy (non-hydrogen) atoms. The van der Waals surface area contributed by atoms with Gasteiger partial charge in [0.15, 0.2) is 0 Å². The smallest absolute Gasteiger partial charge is 0.250 e. The normalized spacial score (nSPS) is 12.8. The average Bonchev–Trinajstić information content (AvgIpc) is 2.91. The van der Waals surface area contributed by atoms with Crippen LogP contribution in [0.4, 0.5) is 0 Å². The topological polar surface area (TPSA) is 66.1 Å². The molecule has 106 valence electrons. The minimum Gasteiger partial charge on any atom is -0.345 e. The highest BCUT2D eigenvalue weighted by atomic mass is 16.2. The molecule has 0 aromatic carbocycles. The van der Waals surface area contributed by atoms with Gasteiger partial charge in [-0.05, 0) is 24.8 Å². The molecule has 1 heterocycles. The van der Waals surface area contributed by atoms with Gasteiger partial charge < -0.3 is 9.47 Å². The fraction of sp³-hybridized carbons (Fsp3) is 0.533. The third-order valence-electron chi connectivity index (χ3n) is 3.78. The molecule has 0 N–H and O–H groups in total. The van der Waals surface area contributed by atoms with Crippen molar-refractivity contribution in [3.63, 3.8) is 0 Å². The van der Waals surface area contributed by atoms with Crippen molar-refractivity contribution in [3.8, 4) is 6.07 Å². The van der Waals surface area contributed by atoms with E-state index in [2.05, 4.69) is 0 Å². The van der Waals surface area contributed by atoms with E-state index in [1.807, 2.05) is 12.1 Å². The first kappa shape index (κ1) is 14.3. The number of nitrogens with zero attached hydrogens (tertiary/aromatic N) is 3. The fourth-order valence-electron chi connectivity index (χ4n) is 2.62. The Morgan fingerprint density at radius 2 is 2.25 bits per heavy atom. The molecule has 0 saturated carbocycles. The zero-order valence-electron chi connectivity index (χ0n) is 11.8. The van der Waals surface area contributed by atoms with Crippen LogP contribution < -0.4 is 5.56 Å². The number of pyridine rings is 1. The number of aryl methyl sites for hydroxylation is 1. The summed E-state index contributed by atoms with van der Waals surface area (Å²) in [6.07, 6.45) is 3.66. The predicted molar refractivity (Wildman–Crippen MR) is 75.2 cm³/mol. The second-order valence-corrected chi connectivity index (χ2v) is 5.12. The maximum Gasteiger partial charge on any atom is 0.250 e. The monoisotopic (exact) mass is 273 g/mol. The molecule has 1 aromatic rings. The van der Waals surface area contributed by atoms with Crippen molar-refractivity contribution in [1.82, 2.24) is 9.47 Å². The maximum absolute atomic E-state index is 11.9. The maximum atomic E-state index is 11.9. The number of aromatic nitrogens is 1. The van der Waals surface area contributed by atoms with Gasteiger partial charge in [-0.3, -0.25) is 9.59 Å². The summed E-state index contributed by atoms with van der Waals surface area (Å²) in [5, 5.41) is 8.51. The molecule has 0 saturated heterocycles. The predicted octanol–water partition coefficient (Wildman–Crippen LogP) is 1.10. The van der Waals surface area contributed by atoms with Gasteiger partial charge in [-0.25, -0.2) is 0 Å². The van der Waals surface area contributed by atoms with Crippen molar-refractivity contribution in [2.75, 3.05) is 13.6 Å². The molecule has 1 aromatic heterocycles. The summed E-state index contributed by atoms with van der Waals surface area (Å²) in [7, 11) is 1.69. The molecule has 1 aliphatic rings. The van der Waals surface area contributed by atoms with Crippen LogP contribution in [0, 0.1) is 11.3 Å². The molecule has 0 fully saturated rings. The molecular formula is C15H19N3O2. The Morgan fingerprint density at radius 3 is 3.00 bits per heavy atom. The molecule has 0 aliphatic heterocycles. The Labute approximate surface area is 118 Å². The molecule has 2 rings (SSSR count). The lowest BCUT2D eigenvalue weighted by atomic mass is 10.2. The minimum absolute atomic E-state index is 0.0252. The van der Waals surface area contributed by atoms with Crippen LogP contribution in [0.15, 0.2) is 16.9 Å². The lowest BCUT2D eigenvalue weighted by Crippen LogP contribution is -2.30. The van der Waals surface area contributed by atoms with Gasteiger partial charge in [0.2, 0.25) is 5.91 Å². The number of carbonyl (C=O) groups is 1. The molecule has 1 amide bonds. The number of fused-ring (bicyclic) bond motifs is 1. The molecule has 0 radical (unpaired) electrons. The standard InChI is InChI=1S/C15H19N3O2/c1-17(10-3-9-16)14(19)8-11-18-13-5-2-4-12(13)6-7-15(18)20/h6-7H,2-5,8,10-11H2,1H3. The van der Waals surface area contributed by atoms with E-state index in [-0.39, 0.29) is 11.5 Å². The number of carbonyl (C=O) groups excluding carboxylic acids is 1. The van der Waals surface area contributed by atoms with Gasteiger partial charge in [0.25, 0.3) is 5.56 Å². The van der Waals surface area contributed by atoms with Crippen LogP contribution in [0.2, 0.25) is 0 Å². The average molecular weight is 273 g/mol. The van der Waals surface area contributed by atoms with Gasteiger partial charge >= 0.3 is 0 Å². The molecule has 0 spiro atoms. The summed E-state index contributed by atoms with van der Waals surface area (Å²) < 4.78 is 1.73. The van der Waals surface area contributed by atoms with E-state index in [9.17, 15) is 9.59 Å². The molecule has 0 atom stereocenters. The van der Waals surface area contributed by atoms with E-state index < -0.39 is 0 Å². The Kier molecular flexibility index (Phi) is 4.57. The van der Waals surface area contributed by atoms with Gasteiger partial charge in [0.1, 0.15) is 0 Å². The van der Waals surface area contributed by atoms with Gasteiger partial charge in [0.05, 0.1) is 12.5 Å². The Morgan fingerprint density at radius 1 is 1.45 bits per heavy atom. The van der Waals surface area contributed by atoms with Crippen LogP contribution in [0.3, 0.4) is 0 Å². The highest BCUT2D eigenvalue weighted by molar-refractivity contribution is 5.75. The van der Waals surface area contributed by atoms with E-state index in [1.54, 1.807) is 22.6 Å². The molecule has 1 aliphatic carbocycles. The van der Waals surface area contributed by atoms with Crippen LogP contribution in [0.5, 0.6) is 0 Å². The quantitative estimate of drug-likeness (QED) is 0.807. The van der Waals surface area contributed by atoms with E-state index in [1.165, 1.54) is 5.56 Å². The summed E-state index contributed by atoms with van der Waals surface area (Å²) in [6, 6.07) is 5.52. The zero-order valence-corrected chi connectivity index (χ0v) is 11.8. The first-order chi connectivity index (χ1) is 9.63. The van der Waals surface area contributed by atoms with Gasteiger partial charge in [-0.15, -0.1) is 0 Å². The van der Waals surface area contributed by atoms with Crippen molar-refractivity contribution in [2.45, 2.75) is 38.6 Å². The largest absolute Gasteiger partial charge is 0.345 e. The van der Waals surface area contributed by atoms with Crippen molar-refractivity contribution in [1.29, 1.82) is 5.26 Å². The molecular weight excluding hydrogens is 254 g/mol. The van der Waals surface area contributed by atoms with Gasteiger partial charge in [-0.2, -0.15) is 5.26 Å². The number of nitriles is 1. The first-order valence-corrected chi connectivity index (χ1v) is 6.96. The van der Waals surface area contributed by atoms with Crippen LogP contribution in [0.25, 0.3) is 0 Å². The Bertz CT molecular complexity index is 598. The van der Waals surface area contributed by atoms with Crippen molar-refractivity contribution in [3.05, 3.63) is 33.7 Å². The highest BCUT2D eigenvalue weighted by Crippen LogP contribution is 2.20. The summed E-state index contributed by atoms with van der Waals surface area (Å²) >= 11 is 0. The number of hydrogen-bond donors (Lipinski definition) is 0. The summed E-state index contributed by atoms with van der Waals surface area (Å²) in [5.41, 5.74) is 2.29. The van der Waals surface area contributed by atoms with Crippen molar-refractivity contribution < 1.29 is 4.79 Å². The molecule has 0 unspecified atom stereocenters. The Balaban J connectivity index is 2.02. The lowest BCUT2D eigenvalue weighted by Gasteiger charge is -2.17. The highest BCUT2D eigenvalue weighted by Gasteiger charge is 2.17. The van der Waals surface area contributed by atoms with E-state index in [0.717, 1.165) is 25.0 Å². The Hall–Kier alpha value is -2.09. The van der Waals surface area contributed by atoms with E-state index in [4.69, 9.17) is 5.26 Å². The minimum atomic E-state index is -0.0295. The molecule has 5 nitrogen and oxygen atoms in total. The lowest BCUT2D eigenvalue weighted by molar-refractivity contribution is -0.130. The summed E-state index contributed by atoms with van der Waals surface area (Å²) in [4.78, 5) is 25.4. The van der Waals surface area contributed by atoms with E-state index in [0.29, 0.717) is 25.9 Å². The number of rotatable bonds is 5. The third-order valence-corrected chi connectivity index (χ3v) is 3.78. The molecule has 5 heteroatoms. The van der Waals surface area contributed by atoms with Crippen LogP contribution in [-0.4, -0.2) is 29.0 Å². The van der Waals surface area contributed by atoms with Crippen molar-refractivity contribution in [2.24, 2.45) is 0 Å². The zero-order chi connectivity index (χ0) is 14.5. The van der Waals surface area contributed by atoms with Gasteiger partial charge in [0, 0.05) is 38.3 Å². The summed E-state index contributed by atoms with van der Waals surface area (Å²) in [5.74, 6) is -0.0252. The second kappa shape index (κ2) is 6.38. The second-order valence-electron chi connectivity index (χ2n) is 5.12. The number of amides is 1. The van der Waals surface area contributed by atoms with Crippen molar-refractivity contribution >= 4 is 5.91 Å². The van der Waals surface area contributed by atoms with Crippen LogP contribution in [0.1, 0.15) is 30.5 Å². The SMILES string of the molecule is CN(CCC#N)C(=O)CCn1c2c(ccc1=O)CCC2.